The number of methoxy groups -OCH3 is 1. The molecule has 10 heteroatoms. The summed E-state index contributed by atoms with van der Waals surface area (Å²) >= 11 is 0. The van der Waals surface area contributed by atoms with Crippen LogP contribution in [-0.2, 0) is 14.3 Å². The third-order valence-electron chi connectivity index (χ3n) is 7.55. The zero-order chi connectivity index (χ0) is 34.0. The largest absolute Gasteiger partial charge is 0.489 e. The maximum atomic E-state index is 13.3. The van der Waals surface area contributed by atoms with Crippen molar-refractivity contribution in [3.05, 3.63) is 42.0 Å². The lowest BCUT2D eigenvalue weighted by Gasteiger charge is -2.33. The van der Waals surface area contributed by atoms with Gasteiger partial charge in [0.15, 0.2) is 0 Å². The zero-order valence-electron chi connectivity index (χ0n) is 29.0. The highest BCUT2D eigenvalue weighted by Gasteiger charge is 2.33. The summed E-state index contributed by atoms with van der Waals surface area (Å²) in [6.07, 6.45) is 4.40. The Labute approximate surface area is 271 Å². The Kier molecular flexibility index (Phi) is 18.5. The van der Waals surface area contributed by atoms with Crippen molar-refractivity contribution in [2.45, 2.75) is 98.8 Å². The van der Waals surface area contributed by atoms with Gasteiger partial charge in [0, 0.05) is 26.1 Å². The Morgan fingerprint density at radius 3 is 2.22 bits per heavy atom. The minimum absolute atomic E-state index is 0.0126. The highest BCUT2D eigenvalue weighted by atomic mass is 16.6. The summed E-state index contributed by atoms with van der Waals surface area (Å²) in [5, 5.41) is 20.4. The molecule has 0 aliphatic carbocycles. The second kappa shape index (κ2) is 20.8. The van der Waals surface area contributed by atoms with E-state index in [1.165, 1.54) is 0 Å². The maximum absolute atomic E-state index is 13.3. The molecule has 256 valence electrons. The Balaban J connectivity index is 3.10. The SMILES string of the molecule is CCCCNC(=O)[C@@H](C[C@H](O)[C@H](C[C@H](CNC(=O)c1ccccc1OCC=CCOC)C(C)C)NC(=O)OC(C)(C)C)C(C)C. The van der Waals surface area contributed by atoms with Crippen molar-refractivity contribution in [1.29, 1.82) is 0 Å². The average molecular weight is 634 g/mol. The molecule has 0 aliphatic rings. The third kappa shape index (κ3) is 16.1. The van der Waals surface area contributed by atoms with Crippen molar-refractivity contribution >= 4 is 17.9 Å². The first-order chi connectivity index (χ1) is 21.2. The molecule has 45 heavy (non-hydrogen) atoms. The van der Waals surface area contributed by atoms with Crippen LogP contribution in [0.15, 0.2) is 36.4 Å². The summed E-state index contributed by atoms with van der Waals surface area (Å²) in [6, 6.07) is 6.35. The quantitative estimate of drug-likeness (QED) is 0.110. The lowest BCUT2D eigenvalue weighted by atomic mass is 9.82. The number of carbonyl (C=O) groups excluding carboxylic acids is 3. The molecular formula is C35H59N3O7. The van der Waals surface area contributed by atoms with E-state index >= 15 is 0 Å². The molecule has 0 saturated heterocycles. The van der Waals surface area contributed by atoms with E-state index in [-0.39, 0.29) is 36.0 Å². The predicted molar refractivity (Wildman–Crippen MR) is 178 cm³/mol. The van der Waals surface area contributed by atoms with Crippen molar-refractivity contribution in [1.82, 2.24) is 16.0 Å². The second-order valence-electron chi connectivity index (χ2n) is 13.2. The average Bonchev–Trinajstić information content (AvgIpc) is 2.95. The Morgan fingerprint density at radius 1 is 0.956 bits per heavy atom. The molecule has 4 N–H and O–H groups in total. The highest BCUT2D eigenvalue weighted by Crippen LogP contribution is 2.25. The minimum Gasteiger partial charge on any atom is -0.489 e. The monoisotopic (exact) mass is 633 g/mol. The summed E-state index contributed by atoms with van der Waals surface area (Å²) in [7, 11) is 1.61. The molecule has 10 nitrogen and oxygen atoms in total. The number of carbonyl (C=O) groups is 3. The molecule has 1 rings (SSSR count). The fourth-order valence-corrected chi connectivity index (χ4v) is 4.78. The number of amides is 3. The van der Waals surface area contributed by atoms with E-state index in [0.29, 0.717) is 44.0 Å². The normalized spacial score (nSPS) is 14.6. The van der Waals surface area contributed by atoms with Crippen LogP contribution in [0.3, 0.4) is 0 Å². The van der Waals surface area contributed by atoms with Crippen molar-refractivity contribution in [3.63, 3.8) is 0 Å². The van der Waals surface area contributed by atoms with E-state index in [1.807, 2.05) is 45.9 Å². The topological polar surface area (TPSA) is 135 Å². The van der Waals surface area contributed by atoms with Crippen LogP contribution in [0.25, 0.3) is 0 Å². The van der Waals surface area contributed by atoms with Crippen LogP contribution < -0.4 is 20.7 Å². The first kappa shape index (κ1) is 39.9. The fraction of sp³-hybridized carbons (Fsp3) is 0.686. The van der Waals surface area contributed by atoms with Crippen molar-refractivity contribution in [2.24, 2.45) is 23.7 Å². The van der Waals surface area contributed by atoms with Crippen LogP contribution in [0.2, 0.25) is 0 Å². The number of aliphatic hydroxyl groups excluding tert-OH is 1. The Hall–Kier alpha value is -3.11. The molecule has 3 amide bonds. The molecule has 0 fully saturated rings. The summed E-state index contributed by atoms with van der Waals surface area (Å²) < 4.78 is 16.3. The molecule has 0 radical (unpaired) electrons. The molecule has 4 atom stereocenters. The molecular weight excluding hydrogens is 574 g/mol. The van der Waals surface area contributed by atoms with Gasteiger partial charge < -0.3 is 35.3 Å². The van der Waals surface area contributed by atoms with Gasteiger partial charge in [-0.25, -0.2) is 4.79 Å². The van der Waals surface area contributed by atoms with E-state index in [0.717, 1.165) is 12.8 Å². The first-order valence-electron chi connectivity index (χ1n) is 16.3. The van der Waals surface area contributed by atoms with Crippen LogP contribution in [0.4, 0.5) is 4.79 Å². The number of para-hydroxylation sites is 1. The molecule has 0 aromatic heterocycles. The second-order valence-corrected chi connectivity index (χ2v) is 13.2. The van der Waals surface area contributed by atoms with Gasteiger partial charge in [-0.3, -0.25) is 9.59 Å². The minimum atomic E-state index is -1.01. The van der Waals surface area contributed by atoms with Gasteiger partial charge in [0.1, 0.15) is 18.0 Å². The number of nitrogens with one attached hydrogen (secondary N) is 3. The Morgan fingerprint density at radius 2 is 1.62 bits per heavy atom. The van der Waals surface area contributed by atoms with E-state index in [2.05, 4.69) is 22.9 Å². The van der Waals surface area contributed by atoms with Crippen LogP contribution in [0.1, 0.15) is 91.4 Å². The van der Waals surface area contributed by atoms with E-state index in [9.17, 15) is 19.5 Å². The van der Waals surface area contributed by atoms with E-state index in [4.69, 9.17) is 14.2 Å². The summed E-state index contributed by atoms with van der Waals surface area (Å²) in [4.78, 5) is 39.1. The van der Waals surface area contributed by atoms with Crippen molar-refractivity contribution in [3.8, 4) is 5.75 Å². The summed E-state index contributed by atoms with van der Waals surface area (Å²) in [5.74, 6) is -0.357. The molecule has 0 spiro atoms. The van der Waals surface area contributed by atoms with Gasteiger partial charge in [-0.05, 0) is 76.0 Å². The first-order valence-corrected chi connectivity index (χ1v) is 16.3. The van der Waals surface area contributed by atoms with Gasteiger partial charge in [-0.15, -0.1) is 0 Å². The molecule has 0 bridgehead atoms. The Bertz CT molecular complexity index is 1050. The fourth-order valence-electron chi connectivity index (χ4n) is 4.78. The summed E-state index contributed by atoms with van der Waals surface area (Å²) in [6.45, 7) is 17.0. The standard InChI is InChI=1S/C35H59N3O7/c1-10-11-18-36-33(41)28(25(4)5)22-30(39)29(38-34(42)45-35(6,7)8)21-26(24(2)3)23-37-32(40)27-16-12-13-17-31(27)44-20-15-14-19-43-9/h12-17,24-26,28-30,39H,10-11,18-23H2,1-9H3,(H,36,41)(H,37,40)(H,38,42)/t26-,28+,29+,30+/m1/s1. The van der Waals surface area contributed by atoms with E-state index in [1.54, 1.807) is 46.1 Å². The van der Waals surface area contributed by atoms with Crippen LogP contribution in [-0.4, -0.2) is 74.2 Å². The van der Waals surface area contributed by atoms with Crippen LogP contribution in [0, 0.1) is 23.7 Å². The number of benzene rings is 1. The predicted octanol–water partition coefficient (Wildman–Crippen LogP) is 5.49. The van der Waals surface area contributed by atoms with Crippen molar-refractivity contribution in [2.75, 3.05) is 33.4 Å². The van der Waals surface area contributed by atoms with Crippen LogP contribution in [0.5, 0.6) is 5.75 Å². The number of alkyl carbamates (subject to hydrolysis) is 1. The third-order valence-corrected chi connectivity index (χ3v) is 7.55. The van der Waals surface area contributed by atoms with Gasteiger partial charge in [0.2, 0.25) is 5.91 Å². The van der Waals surface area contributed by atoms with Crippen LogP contribution >= 0.6 is 0 Å². The molecule has 0 saturated carbocycles. The molecule has 0 unspecified atom stereocenters. The molecule has 1 aromatic rings. The molecule has 0 aliphatic heterocycles. The number of aliphatic hydroxyl groups is 1. The highest BCUT2D eigenvalue weighted by molar-refractivity contribution is 5.96. The molecule has 1 aromatic carbocycles. The summed E-state index contributed by atoms with van der Waals surface area (Å²) in [5.41, 5.74) is -0.308. The lowest BCUT2D eigenvalue weighted by molar-refractivity contribution is -0.127. The lowest BCUT2D eigenvalue weighted by Crippen LogP contribution is -2.49. The van der Waals surface area contributed by atoms with Gasteiger partial charge in [-0.1, -0.05) is 59.2 Å². The van der Waals surface area contributed by atoms with E-state index < -0.39 is 29.8 Å². The smallest absolute Gasteiger partial charge is 0.407 e. The molecule has 0 heterocycles. The van der Waals surface area contributed by atoms with Gasteiger partial charge >= 0.3 is 6.09 Å². The number of hydrogen-bond acceptors (Lipinski definition) is 7. The maximum Gasteiger partial charge on any atom is 0.407 e. The number of unbranched alkanes of at least 4 members (excludes halogenated alkanes) is 1. The number of ether oxygens (including phenoxy) is 3. The number of rotatable bonds is 20. The van der Waals surface area contributed by atoms with Crippen molar-refractivity contribution < 1.29 is 33.7 Å². The van der Waals surface area contributed by atoms with Gasteiger partial charge in [0.25, 0.3) is 5.91 Å². The van der Waals surface area contributed by atoms with Gasteiger partial charge in [-0.2, -0.15) is 0 Å². The number of hydrogen-bond donors (Lipinski definition) is 4. The van der Waals surface area contributed by atoms with Gasteiger partial charge in [0.05, 0.1) is 24.3 Å². The zero-order valence-corrected chi connectivity index (χ0v) is 29.0.